The van der Waals surface area contributed by atoms with E-state index in [1.165, 1.54) is 10.9 Å². The molecule has 1 aromatic rings. The summed E-state index contributed by atoms with van der Waals surface area (Å²) < 4.78 is 0. The van der Waals surface area contributed by atoms with Crippen LogP contribution in [0, 0.1) is 0 Å². The van der Waals surface area contributed by atoms with Gasteiger partial charge in [0.1, 0.15) is 0 Å². The maximum atomic E-state index is 5.80. The molecule has 1 aliphatic carbocycles. The molecule has 3 N–H and O–H groups in total. The summed E-state index contributed by atoms with van der Waals surface area (Å²) in [4.78, 5) is 4.33. The van der Waals surface area contributed by atoms with Crippen LogP contribution in [-0.4, -0.2) is 4.98 Å². The first-order valence-corrected chi connectivity index (χ1v) is 3.83. The van der Waals surface area contributed by atoms with Crippen LogP contribution in [0.3, 0.4) is 0 Å². The van der Waals surface area contributed by atoms with Crippen molar-refractivity contribution in [2.24, 2.45) is 0 Å². The molecule has 12 heavy (non-hydrogen) atoms. The molecule has 1 aliphatic heterocycles. The Morgan fingerprint density at radius 3 is 2.83 bits per heavy atom. The number of benzene rings is 1. The maximum absolute atomic E-state index is 5.80. The van der Waals surface area contributed by atoms with E-state index in [1.54, 1.807) is 0 Å². The molecule has 1 heterocycles. The van der Waals surface area contributed by atoms with Gasteiger partial charge in [0.15, 0.2) is 0 Å². The highest BCUT2D eigenvalue weighted by atomic mass is 35.5. The molecule has 2 aliphatic rings. The van der Waals surface area contributed by atoms with E-state index in [2.05, 4.69) is 11.1 Å². The van der Waals surface area contributed by atoms with Gasteiger partial charge in [0, 0.05) is 16.0 Å². The Morgan fingerprint density at radius 1 is 1.17 bits per heavy atom. The summed E-state index contributed by atoms with van der Waals surface area (Å²) >= 11 is 5.80. The van der Waals surface area contributed by atoms with Crippen molar-refractivity contribution in [3.8, 4) is 11.3 Å². The third-order valence-corrected chi connectivity index (χ3v) is 2.20. The van der Waals surface area contributed by atoms with Gasteiger partial charge in [-0.2, -0.15) is 0 Å². The van der Waals surface area contributed by atoms with E-state index < -0.39 is 0 Å². The van der Waals surface area contributed by atoms with Gasteiger partial charge in [0.05, 0.1) is 11.2 Å². The zero-order valence-electron chi connectivity index (χ0n) is 6.34. The smallest absolute Gasteiger partial charge is 0.0731 e. The highest BCUT2D eigenvalue weighted by molar-refractivity contribution is 6.31. The Labute approximate surface area is 74.8 Å². The van der Waals surface area contributed by atoms with Crippen LogP contribution in [0.2, 0.25) is 5.02 Å². The lowest BCUT2D eigenvalue weighted by Gasteiger charge is -1.88. The average Bonchev–Trinajstić information content (AvgIpc) is 2.63. The lowest BCUT2D eigenvalue weighted by Crippen LogP contribution is -1.67. The molecule has 60 valence electrons. The van der Waals surface area contributed by atoms with Crippen molar-refractivity contribution in [3.05, 3.63) is 29.3 Å². The fourth-order valence-corrected chi connectivity index (χ4v) is 1.53. The molecular formula is C9H7ClN2. The molecule has 0 fully saturated rings. The van der Waals surface area contributed by atoms with Crippen molar-refractivity contribution < 1.29 is 0 Å². The first-order valence-electron chi connectivity index (χ1n) is 3.45. The number of nitrogens with zero attached hydrogens (tertiary/aromatic N) is 1. The summed E-state index contributed by atoms with van der Waals surface area (Å²) in [5, 5.41) is 1.99. The monoisotopic (exact) mass is 178 g/mol. The van der Waals surface area contributed by atoms with Gasteiger partial charge in [-0.05, 0) is 18.2 Å². The van der Waals surface area contributed by atoms with Crippen molar-refractivity contribution in [1.82, 2.24) is 11.1 Å². The van der Waals surface area contributed by atoms with Crippen LogP contribution in [0.4, 0.5) is 0 Å². The van der Waals surface area contributed by atoms with E-state index in [-0.39, 0.29) is 6.15 Å². The quantitative estimate of drug-likeness (QED) is 0.575. The minimum atomic E-state index is 0. The van der Waals surface area contributed by atoms with E-state index in [0.29, 0.717) is 0 Å². The lowest BCUT2D eigenvalue weighted by atomic mass is 10.2. The van der Waals surface area contributed by atoms with E-state index in [0.717, 1.165) is 16.2 Å². The predicted octanol–water partition coefficient (Wildman–Crippen LogP) is 3.03. The van der Waals surface area contributed by atoms with Gasteiger partial charge in [-0.15, -0.1) is 0 Å². The zero-order chi connectivity index (χ0) is 7.42. The van der Waals surface area contributed by atoms with Gasteiger partial charge in [-0.1, -0.05) is 17.7 Å². The molecule has 0 spiro atoms. The fraction of sp³-hybridized carbons (Fsp3) is 0. The molecule has 0 aromatic heterocycles. The van der Waals surface area contributed by atoms with E-state index in [4.69, 9.17) is 11.6 Å². The average molecular weight is 179 g/mol. The van der Waals surface area contributed by atoms with Crippen molar-refractivity contribution in [2.45, 2.75) is 0 Å². The predicted molar refractivity (Wildman–Crippen MR) is 50.8 cm³/mol. The molecule has 3 heteroatoms. The minimum Gasteiger partial charge on any atom is -0.344 e. The molecule has 0 amide bonds. The largest absolute Gasteiger partial charge is 0.344 e. The van der Waals surface area contributed by atoms with Crippen LogP contribution in [0.5, 0.6) is 0 Å². The maximum Gasteiger partial charge on any atom is 0.0731 e. The van der Waals surface area contributed by atoms with Crippen LogP contribution in [0.1, 0.15) is 0 Å². The third kappa shape index (κ3) is 0.823. The molecule has 3 rings (SSSR count). The Morgan fingerprint density at radius 2 is 2.00 bits per heavy atom. The minimum absolute atomic E-state index is 0. The molecule has 1 aromatic carbocycles. The van der Waals surface area contributed by atoms with Crippen LogP contribution in [-0.2, 0) is 0 Å². The summed E-state index contributed by atoms with van der Waals surface area (Å²) in [6.07, 6.45) is 0. The van der Waals surface area contributed by atoms with Gasteiger partial charge in [0.25, 0.3) is 0 Å². The van der Waals surface area contributed by atoms with Crippen molar-refractivity contribution in [2.75, 3.05) is 0 Å². The van der Waals surface area contributed by atoms with Crippen LogP contribution in [0.15, 0.2) is 24.3 Å². The van der Waals surface area contributed by atoms with Gasteiger partial charge in [-0.25, -0.2) is 4.98 Å². The molecule has 0 atom stereocenters. The highest BCUT2D eigenvalue weighted by Gasteiger charge is 2.18. The van der Waals surface area contributed by atoms with Gasteiger partial charge < -0.3 is 6.15 Å². The summed E-state index contributed by atoms with van der Waals surface area (Å²) in [5.41, 5.74) is 3.43. The van der Waals surface area contributed by atoms with Gasteiger partial charge in [-0.3, -0.25) is 0 Å². The number of fused-ring (bicyclic) bond motifs is 3. The Bertz CT molecular complexity index is 465. The fourth-order valence-electron chi connectivity index (χ4n) is 1.36. The Balaban J connectivity index is 0.000000563. The van der Waals surface area contributed by atoms with Gasteiger partial charge >= 0.3 is 0 Å². The third-order valence-electron chi connectivity index (χ3n) is 1.96. The molecule has 0 unspecified atom stereocenters. The second-order valence-electron chi connectivity index (χ2n) is 2.72. The molecule has 0 saturated heterocycles. The Hall–Kier alpha value is -1.12. The number of halogens is 1. The standard InChI is InChI=1S/C9H4ClN.H3N/c10-5-1-2-6-7-4-9(7)11-8(6)3-5;/h1-4H;1H3. The number of aromatic nitrogens is 1. The molecule has 0 saturated carbocycles. The van der Waals surface area contributed by atoms with E-state index >= 15 is 0 Å². The van der Waals surface area contributed by atoms with E-state index in [9.17, 15) is 0 Å². The molecular weight excluding hydrogens is 172 g/mol. The number of hydrogen-bond donors (Lipinski definition) is 1. The molecule has 2 nitrogen and oxygen atoms in total. The second-order valence-corrected chi connectivity index (χ2v) is 3.15. The zero-order valence-corrected chi connectivity index (χ0v) is 7.10. The second kappa shape index (κ2) is 2.19. The topological polar surface area (TPSA) is 47.9 Å². The SMILES string of the molecule is Clc1ccc2c3cc-3nc2c1.N. The van der Waals surface area contributed by atoms with Crippen LogP contribution < -0.4 is 6.15 Å². The summed E-state index contributed by atoms with van der Waals surface area (Å²) in [7, 11) is 0. The van der Waals surface area contributed by atoms with Crippen molar-refractivity contribution in [3.63, 3.8) is 0 Å². The Kier molecular flexibility index (Phi) is 1.37. The first-order chi connectivity index (χ1) is 5.34. The van der Waals surface area contributed by atoms with Gasteiger partial charge in [0.2, 0.25) is 0 Å². The summed E-state index contributed by atoms with van der Waals surface area (Å²) in [6, 6.07) is 7.90. The lowest BCUT2D eigenvalue weighted by molar-refractivity contribution is 1.52. The molecule has 0 radical (unpaired) electrons. The summed E-state index contributed by atoms with van der Waals surface area (Å²) in [5.74, 6) is 0. The van der Waals surface area contributed by atoms with Crippen molar-refractivity contribution in [1.29, 1.82) is 0 Å². The molecule has 0 bridgehead atoms. The van der Waals surface area contributed by atoms with Crippen LogP contribution >= 0.6 is 11.6 Å². The van der Waals surface area contributed by atoms with E-state index in [1.807, 2.05) is 18.2 Å². The van der Waals surface area contributed by atoms with Crippen molar-refractivity contribution >= 4 is 22.5 Å². The number of rotatable bonds is 0. The number of hydrogen-bond acceptors (Lipinski definition) is 2. The normalized spacial score (nSPS) is 11.1. The number of pyridine rings is 1. The summed E-state index contributed by atoms with van der Waals surface area (Å²) in [6.45, 7) is 0. The first kappa shape index (κ1) is 7.53. The highest BCUT2D eigenvalue weighted by Crippen LogP contribution is 2.40. The van der Waals surface area contributed by atoms with Crippen LogP contribution in [0.25, 0.3) is 22.2 Å².